The standard InChI is InChI=1S/C18H24N4OS/c19-18-22-16(12-24-18)4-2-10-21-17(23)14-7-5-13(6-8-14)15-3-1-9-20-11-15/h5-8,12,15,20H,1-4,9-11H2,(H2,19,22)(H,21,23). The van der Waals surface area contributed by atoms with E-state index in [1.54, 1.807) is 0 Å². The van der Waals surface area contributed by atoms with Crippen LogP contribution in [0.15, 0.2) is 29.6 Å². The number of rotatable bonds is 6. The number of hydrogen-bond acceptors (Lipinski definition) is 5. The van der Waals surface area contributed by atoms with Crippen LogP contribution in [0.4, 0.5) is 5.13 Å². The summed E-state index contributed by atoms with van der Waals surface area (Å²) in [5.74, 6) is 0.558. The third-order valence-corrected chi connectivity index (χ3v) is 5.13. The molecule has 1 amide bonds. The van der Waals surface area contributed by atoms with E-state index < -0.39 is 0 Å². The summed E-state index contributed by atoms with van der Waals surface area (Å²) in [5, 5.41) is 8.96. The van der Waals surface area contributed by atoms with Crippen LogP contribution >= 0.6 is 11.3 Å². The average molecular weight is 344 g/mol. The Morgan fingerprint density at radius 2 is 2.21 bits per heavy atom. The average Bonchev–Trinajstić information content (AvgIpc) is 3.05. The highest BCUT2D eigenvalue weighted by atomic mass is 32.1. The predicted molar refractivity (Wildman–Crippen MR) is 98.5 cm³/mol. The molecule has 2 heterocycles. The summed E-state index contributed by atoms with van der Waals surface area (Å²) in [6.07, 6.45) is 4.14. The van der Waals surface area contributed by atoms with Crippen LogP contribution in [0.25, 0.3) is 0 Å². The summed E-state index contributed by atoms with van der Waals surface area (Å²) < 4.78 is 0. The number of nitrogens with one attached hydrogen (secondary N) is 2. The minimum atomic E-state index is -0.0129. The lowest BCUT2D eigenvalue weighted by Crippen LogP contribution is -2.28. The van der Waals surface area contributed by atoms with Crippen LogP contribution in [0.3, 0.4) is 0 Å². The number of benzene rings is 1. The Bertz CT molecular complexity index is 662. The zero-order valence-electron chi connectivity index (χ0n) is 13.8. The molecule has 0 aliphatic carbocycles. The Morgan fingerprint density at radius 1 is 1.38 bits per heavy atom. The molecule has 1 aromatic carbocycles. The Hall–Kier alpha value is -1.92. The van der Waals surface area contributed by atoms with Crippen molar-refractivity contribution < 1.29 is 4.79 Å². The third kappa shape index (κ3) is 4.55. The highest BCUT2D eigenvalue weighted by molar-refractivity contribution is 7.13. The molecule has 0 radical (unpaired) electrons. The fraction of sp³-hybridized carbons (Fsp3) is 0.444. The van der Waals surface area contributed by atoms with E-state index >= 15 is 0 Å². The zero-order chi connectivity index (χ0) is 16.8. The highest BCUT2D eigenvalue weighted by Crippen LogP contribution is 2.23. The van der Waals surface area contributed by atoms with Crippen molar-refractivity contribution in [3.8, 4) is 0 Å². The second kappa shape index (κ2) is 8.26. The number of carbonyl (C=O) groups is 1. The van der Waals surface area contributed by atoms with Crippen LogP contribution < -0.4 is 16.4 Å². The molecule has 1 aromatic heterocycles. The fourth-order valence-electron chi connectivity index (χ4n) is 3.05. The van der Waals surface area contributed by atoms with Gasteiger partial charge in [-0.25, -0.2) is 4.98 Å². The van der Waals surface area contributed by atoms with Crippen molar-refractivity contribution in [2.45, 2.75) is 31.6 Å². The van der Waals surface area contributed by atoms with Crippen LogP contribution in [-0.4, -0.2) is 30.5 Å². The number of aryl methyl sites for hydroxylation is 1. The van der Waals surface area contributed by atoms with Gasteiger partial charge < -0.3 is 16.4 Å². The number of carbonyl (C=O) groups excluding carboxylic acids is 1. The molecule has 4 N–H and O–H groups in total. The molecule has 3 rings (SSSR count). The summed E-state index contributed by atoms with van der Waals surface area (Å²) >= 11 is 1.45. The molecule has 24 heavy (non-hydrogen) atoms. The van der Waals surface area contributed by atoms with Gasteiger partial charge in [0.25, 0.3) is 5.91 Å². The van der Waals surface area contributed by atoms with Gasteiger partial charge in [0.05, 0.1) is 5.69 Å². The Balaban J connectivity index is 1.44. The summed E-state index contributed by atoms with van der Waals surface area (Å²) in [6.45, 7) is 2.79. The number of piperidine rings is 1. The molecule has 1 atom stereocenters. The van der Waals surface area contributed by atoms with E-state index in [-0.39, 0.29) is 5.91 Å². The van der Waals surface area contributed by atoms with E-state index in [9.17, 15) is 4.79 Å². The molecule has 128 valence electrons. The van der Waals surface area contributed by atoms with Gasteiger partial charge in [-0.1, -0.05) is 12.1 Å². The highest BCUT2D eigenvalue weighted by Gasteiger charge is 2.15. The van der Waals surface area contributed by atoms with Crippen LogP contribution in [-0.2, 0) is 6.42 Å². The van der Waals surface area contributed by atoms with Crippen LogP contribution in [0.1, 0.15) is 46.8 Å². The number of nitrogens with zero attached hydrogens (tertiary/aromatic N) is 1. The smallest absolute Gasteiger partial charge is 0.251 e. The molecule has 6 heteroatoms. The van der Waals surface area contributed by atoms with Crippen LogP contribution in [0.5, 0.6) is 0 Å². The fourth-order valence-corrected chi connectivity index (χ4v) is 3.65. The number of amides is 1. The summed E-state index contributed by atoms with van der Waals surface area (Å²) in [5.41, 5.74) is 8.65. The maximum Gasteiger partial charge on any atom is 0.251 e. The van der Waals surface area contributed by atoms with E-state index in [0.29, 0.717) is 17.6 Å². The first kappa shape index (κ1) is 16.9. The zero-order valence-corrected chi connectivity index (χ0v) is 14.6. The second-order valence-corrected chi connectivity index (χ2v) is 7.09. The van der Waals surface area contributed by atoms with Gasteiger partial charge in [-0.3, -0.25) is 4.79 Å². The molecule has 1 unspecified atom stereocenters. The second-order valence-electron chi connectivity index (χ2n) is 6.20. The molecule has 1 aliphatic rings. The normalized spacial score (nSPS) is 17.6. The van der Waals surface area contributed by atoms with Crippen molar-refractivity contribution in [3.05, 3.63) is 46.5 Å². The Kier molecular flexibility index (Phi) is 5.82. The topological polar surface area (TPSA) is 80.0 Å². The molecular formula is C18H24N4OS. The molecule has 1 fully saturated rings. The van der Waals surface area contributed by atoms with Gasteiger partial charge in [0.2, 0.25) is 0 Å². The van der Waals surface area contributed by atoms with E-state index in [1.807, 2.05) is 17.5 Å². The van der Waals surface area contributed by atoms with Gasteiger partial charge in [-0.05, 0) is 55.8 Å². The third-order valence-electron chi connectivity index (χ3n) is 4.41. The number of nitrogen functional groups attached to an aromatic ring is 1. The first-order valence-electron chi connectivity index (χ1n) is 8.51. The van der Waals surface area contributed by atoms with Gasteiger partial charge in [0.1, 0.15) is 0 Å². The van der Waals surface area contributed by atoms with Crippen LogP contribution in [0.2, 0.25) is 0 Å². The minimum absolute atomic E-state index is 0.0129. The number of nitrogens with two attached hydrogens (primary N) is 1. The van der Waals surface area contributed by atoms with Crippen molar-refractivity contribution >= 4 is 22.4 Å². The maximum atomic E-state index is 12.2. The van der Waals surface area contributed by atoms with Crippen molar-refractivity contribution in [2.24, 2.45) is 0 Å². The van der Waals surface area contributed by atoms with Gasteiger partial charge in [0.15, 0.2) is 5.13 Å². The summed E-state index contributed by atoms with van der Waals surface area (Å²) in [7, 11) is 0. The molecule has 1 saturated heterocycles. The molecular weight excluding hydrogens is 320 g/mol. The number of hydrogen-bond donors (Lipinski definition) is 3. The molecule has 5 nitrogen and oxygen atoms in total. The molecule has 2 aromatic rings. The van der Waals surface area contributed by atoms with Crippen molar-refractivity contribution in [2.75, 3.05) is 25.4 Å². The number of anilines is 1. The van der Waals surface area contributed by atoms with Crippen molar-refractivity contribution in [3.63, 3.8) is 0 Å². The van der Waals surface area contributed by atoms with E-state index in [1.165, 1.54) is 29.7 Å². The number of aromatic nitrogens is 1. The van der Waals surface area contributed by atoms with E-state index in [2.05, 4.69) is 27.8 Å². The van der Waals surface area contributed by atoms with Gasteiger partial charge in [0, 0.05) is 24.0 Å². The van der Waals surface area contributed by atoms with Gasteiger partial charge in [-0.2, -0.15) is 0 Å². The van der Waals surface area contributed by atoms with Crippen LogP contribution in [0, 0.1) is 0 Å². The summed E-state index contributed by atoms with van der Waals surface area (Å²) in [6, 6.07) is 8.04. The Labute approximate surface area is 146 Å². The monoisotopic (exact) mass is 344 g/mol. The quantitative estimate of drug-likeness (QED) is 0.704. The van der Waals surface area contributed by atoms with Gasteiger partial charge >= 0.3 is 0 Å². The summed E-state index contributed by atoms with van der Waals surface area (Å²) in [4.78, 5) is 16.4. The first-order chi connectivity index (χ1) is 11.7. The molecule has 0 spiro atoms. The van der Waals surface area contributed by atoms with E-state index in [0.717, 1.165) is 37.2 Å². The first-order valence-corrected chi connectivity index (χ1v) is 9.39. The maximum absolute atomic E-state index is 12.2. The molecule has 1 aliphatic heterocycles. The predicted octanol–water partition coefficient (Wildman–Crippen LogP) is 2.55. The van der Waals surface area contributed by atoms with Crippen molar-refractivity contribution in [1.29, 1.82) is 0 Å². The minimum Gasteiger partial charge on any atom is -0.375 e. The lowest BCUT2D eigenvalue weighted by atomic mass is 9.91. The largest absolute Gasteiger partial charge is 0.375 e. The Morgan fingerprint density at radius 3 is 2.88 bits per heavy atom. The number of thiazole rings is 1. The van der Waals surface area contributed by atoms with Crippen molar-refractivity contribution in [1.82, 2.24) is 15.6 Å². The van der Waals surface area contributed by atoms with E-state index in [4.69, 9.17) is 5.73 Å². The lowest BCUT2D eigenvalue weighted by molar-refractivity contribution is 0.0953. The molecule has 0 bridgehead atoms. The SMILES string of the molecule is Nc1nc(CCCNC(=O)c2ccc(C3CCCNC3)cc2)cs1. The van der Waals surface area contributed by atoms with Gasteiger partial charge in [-0.15, -0.1) is 11.3 Å². The lowest BCUT2D eigenvalue weighted by Gasteiger charge is -2.23. The molecule has 0 saturated carbocycles.